The molecule has 0 aromatic heterocycles. The van der Waals surface area contributed by atoms with Gasteiger partial charge in [-0.3, -0.25) is 9.59 Å². The second-order valence-electron chi connectivity index (χ2n) is 4.19. The molecule has 1 N–H and O–H groups in total. The number of hydrogen-bond donors (Lipinski definition) is 1. The lowest BCUT2D eigenvalue weighted by Crippen LogP contribution is -2.45. The van der Waals surface area contributed by atoms with Gasteiger partial charge in [-0.1, -0.05) is 0 Å². The van der Waals surface area contributed by atoms with E-state index in [1.807, 2.05) is 0 Å². The highest BCUT2D eigenvalue weighted by atomic mass is 19.4. The first-order valence-electron chi connectivity index (χ1n) is 4.94. The van der Waals surface area contributed by atoms with E-state index in [1.54, 1.807) is 0 Å². The molecule has 16 heavy (non-hydrogen) atoms. The van der Waals surface area contributed by atoms with Gasteiger partial charge >= 0.3 is 18.1 Å². The summed E-state index contributed by atoms with van der Waals surface area (Å²) in [6, 6.07) is -1.34. The third-order valence-electron chi connectivity index (χ3n) is 3.33. The Morgan fingerprint density at radius 2 is 1.88 bits per heavy atom. The Balaban J connectivity index is 2.20. The second-order valence-corrected chi connectivity index (χ2v) is 4.19. The molecule has 0 aliphatic carbocycles. The first-order valence-corrected chi connectivity index (χ1v) is 4.94. The average molecular weight is 237 g/mol. The Bertz CT molecular complexity index is 341. The molecule has 2 rings (SSSR count). The zero-order valence-electron chi connectivity index (χ0n) is 8.20. The van der Waals surface area contributed by atoms with Crippen molar-refractivity contribution in [3.05, 3.63) is 0 Å². The topological polar surface area (TPSA) is 57.6 Å². The molecule has 4 nitrogen and oxygen atoms in total. The normalized spacial score (nSPS) is 33.2. The van der Waals surface area contributed by atoms with Crippen LogP contribution in [0.5, 0.6) is 0 Å². The van der Waals surface area contributed by atoms with E-state index < -0.39 is 36.1 Å². The van der Waals surface area contributed by atoms with E-state index in [2.05, 4.69) is 0 Å². The molecule has 7 heteroatoms. The fraction of sp³-hybridized carbons (Fsp3) is 0.778. The van der Waals surface area contributed by atoms with Gasteiger partial charge in [-0.15, -0.1) is 0 Å². The summed E-state index contributed by atoms with van der Waals surface area (Å²) < 4.78 is 36.8. The predicted octanol–water partition coefficient (Wildman–Crippen LogP) is 1.01. The summed E-state index contributed by atoms with van der Waals surface area (Å²) in [5.74, 6) is -3.86. The minimum absolute atomic E-state index is 0.141. The lowest BCUT2D eigenvalue weighted by atomic mass is 9.89. The molecule has 3 atom stereocenters. The molecule has 2 fully saturated rings. The molecule has 2 saturated heterocycles. The van der Waals surface area contributed by atoms with Gasteiger partial charge in [-0.05, 0) is 19.3 Å². The molecule has 90 valence electrons. The Labute approximate surface area is 89.0 Å². The van der Waals surface area contributed by atoms with Crippen molar-refractivity contribution in [1.29, 1.82) is 0 Å². The van der Waals surface area contributed by atoms with Crippen LogP contribution in [-0.4, -0.2) is 40.1 Å². The van der Waals surface area contributed by atoms with Gasteiger partial charge < -0.3 is 10.0 Å². The van der Waals surface area contributed by atoms with E-state index >= 15 is 0 Å². The highest BCUT2D eigenvalue weighted by Crippen LogP contribution is 2.43. The molecule has 0 radical (unpaired) electrons. The van der Waals surface area contributed by atoms with Crippen LogP contribution in [0.1, 0.15) is 19.3 Å². The van der Waals surface area contributed by atoms with Gasteiger partial charge in [0.15, 0.2) is 0 Å². The van der Waals surface area contributed by atoms with Crippen molar-refractivity contribution in [2.45, 2.75) is 37.5 Å². The highest BCUT2D eigenvalue weighted by molar-refractivity contribution is 5.84. The second kappa shape index (κ2) is 3.36. The summed E-state index contributed by atoms with van der Waals surface area (Å²) in [7, 11) is 0. The Hall–Kier alpha value is -1.27. The van der Waals surface area contributed by atoms with E-state index in [1.165, 1.54) is 0 Å². The zero-order valence-corrected chi connectivity index (χ0v) is 8.20. The highest BCUT2D eigenvalue weighted by Gasteiger charge is 2.56. The van der Waals surface area contributed by atoms with Gasteiger partial charge in [-0.25, -0.2) is 0 Å². The third-order valence-corrected chi connectivity index (χ3v) is 3.33. The maximum atomic E-state index is 12.3. The molecule has 0 spiro atoms. The van der Waals surface area contributed by atoms with Crippen LogP contribution in [0, 0.1) is 5.92 Å². The van der Waals surface area contributed by atoms with E-state index in [9.17, 15) is 22.8 Å². The van der Waals surface area contributed by atoms with Gasteiger partial charge in [0.1, 0.15) is 0 Å². The van der Waals surface area contributed by atoms with Crippen LogP contribution in [-0.2, 0) is 9.59 Å². The van der Waals surface area contributed by atoms with E-state index in [-0.39, 0.29) is 6.42 Å². The number of carbonyl (C=O) groups is 2. The van der Waals surface area contributed by atoms with Crippen LogP contribution < -0.4 is 0 Å². The first kappa shape index (κ1) is 11.2. The predicted molar refractivity (Wildman–Crippen MR) is 45.5 cm³/mol. The maximum Gasteiger partial charge on any atom is 0.471 e. The minimum atomic E-state index is -4.91. The summed E-state index contributed by atoms with van der Waals surface area (Å²) in [5, 5.41) is 8.82. The number of carboxylic acid groups (broad SMARTS) is 1. The van der Waals surface area contributed by atoms with Gasteiger partial charge in [0, 0.05) is 12.1 Å². The summed E-state index contributed by atoms with van der Waals surface area (Å²) in [6.07, 6.45) is -3.95. The number of rotatable bonds is 1. The molecule has 2 aliphatic heterocycles. The number of fused-ring (bicyclic) bond motifs is 2. The van der Waals surface area contributed by atoms with Gasteiger partial charge in [0.2, 0.25) is 0 Å². The lowest BCUT2D eigenvalue weighted by Gasteiger charge is -2.23. The molecule has 2 bridgehead atoms. The van der Waals surface area contributed by atoms with E-state index in [0.29, 0.717) is 12.8 Å². The van der Waals surface area contributed by atoms with Gasteiger partial charge in [-0.2, -0.15) is 13.2 Å². The van der Waals surface area contributed by atoms with Gasteiger partial charge in [0.25, 0.3) is 0 Å². The number of carboxylic acids is 1. The van der Waals surface area contributed by atoms with Crippen LogP contribution >= 0.6 is 0 Å². The van der Waals surface area contributed by atoms with Crippen LogP contribution in [0.4, 0.5) is 13.2 Å². The summed E-state index contributed by atoms with van der Waals surface area (Å²) in [6.45, 7) is 0. The number of halogens is 3. The summed E-state index contributed by atoms with van der Waals surface area (Å²) in [4.78, 5) is 22.6. The van der Waals surface area contributed by atoms with Crippen molar-refractivity contribution in [2.75, 3.05) is 0 Å². The summed E-state index contributed by atoms with van der Waals surface area (Å²) >= 11 is 0. The third kappa shape index (κ3) is 1.54. The average Bonchev–Trinajstić information content (AvgIpc) is 2.71. The van der Waals surface area contributed by atoms with Crippen molar-refractivity contribution >= 4 is 11.9 Å². The van der Waals surface area contributed by atoms with Crippen molar-refractivity contribution in [2.24, 2.45) is 5.92 Å². The van der Waals surface area contributed by atoms with Crippen molar-refractivity contribution < 1.29 is 27.9 Å². The van der Waals surface area contributed by atoms with Crippen LogP contribution in [0.3, 0.4) is 0 Å². The van der Waals surface area contributed by atoms with Crippen molar-refractivity contribution in [3.63, 3.8) is 0 Å². The van der Waals surface area contributed by atoms with Crippen LogP contribution in [0.25, 0.3) is 0 Å². The lowest BCUT2D eigenvalue weighted by molar-refractivity contribution is -0.187. The summed E-state index contributed by atoms with van der Waals surface area (Å²) in [5.41, 5.74) is 0. The number of amides is 1. The van der Waals surface area contributed by atoms with Gasteiger partial charge in [0.05, 0.1) is 5.92 Å². The molecule has 2 aliphatic rings. The molecule has 1 amide bonds. The quantitative estimate of drug-likeness (QED) is 0.740. The largest absolute Gasteiger partial charge is 0.481 e. The standard InChI is InChI=1S/C9H10F3NO3/c10-9(11,12)8(16)13-4-1-2-6(13)5(3-4)7(14)15/h4-6H,1-3H2,(H,14,15)/t4-,5-,6+/m1/s1. The monoisotopic (exact) mass is 237 g/mol. The van der Waals surface area contributed by atoms with Crippen LogP contribution in [0.15, 0.2) is 0 Å². The molecule has 0 aromatic carbocycles. The van der Waals surface area contributed by atoms with Crippen molar-refractivity contribution in [3.8, 4) is 0 Å². The Morgan fingerprint density at radius 3 is 2.31 bits per heavy atom. The molecule has 0 aromatic rings. The SMILES string of the molecule is O=C(O)[C@@H]1C[C@H]2CC[C@@H]1N2C(=O)C(F)(F)F. The molecule has 0 saturated carbocycles. The van der Waals surface area contributed by atoms with E-state index in [4.69, 9.17) is 5.11 Å². The minimum Gasteiger partial charge on any atom is -0.481 e. The number of carbonyl (C=O) groups excluding carboxylic acids is 1. The number of aliphatic carboxylic acids is 1. The Morgan fingerprint density at radius 1 is 1.25 bits per heavy atom. The number of nitrogens with zero attached hydrogens (tertiary/aromatic N) is 1. The first-order chi connectivity index (χ1) is 7.32. The van der Waals surface area contributed by atoms with Crippen molar-refractivity contribution in [1.82, 2.24) is 4.90 Å². The number of alkyl halides is 3. The molecular weight excluding hydrogens is 227 g/mol. The fourth-order valence-electron chi connectivity index (χ4n) is 2.72. The fourth-order valence-corrected chi connectivity index (χ4v) is 2.72. The number of hydrogen-bond acceptors (Lipinski definition) is 2. The molecular formula is C9H10F3NO3. The maximum absolute atomic E-state index is 12.3. The molecule has 2 heterocycles. The smallest absolute Gasteiger partial charge is 0.471 e. The Kier molecular flexibility index (Phi) is 2.36. The molecule has 0 unspecified atom stereocenters. The van der Waals surface area contributed by atoms with E-state index in [0.717, 1.165) is 4.90 Å². The zero-order chi connectivity index (χ0) is 12.1. The van der Waals surface area contributed by atoms with Crippen LogP contribution in [0.2, 0.25) is 0 Å².